The standard InChI is InChI=1S/C38H30BrN3O6S2/c1-47-27-15-19(9-14-26(27)48-17-28(43)40-25-8-4-6-18-5-2-3-7-22(18)25)29-30-23-16-24(33(30)49-35-34(29)50-38(46)41-35)32-31(23)36(44)42(37(32)45)21-12-10-20(39)11-13-21/h2-15,23-24,29-33H,16-17H2,1H3,(H,40,43)(H,41,46)/t23?,24?,29-,30?,31?,32?,33?/m1/s1. The van der Waals surface area contributed by atoms with E-state index in [2.05, 4.69) is 26.2 Å². The number of nitrogens with zero attached hydrogens (tertiary/aromatic N) is 1. The molecule has 5 aromatic rings. The third-order valence-corrected chi connectivity index (χ3v) is 13.9. The molecule has 50 heavy (non-hydrogen) atoms. The van der Waals surface area contributed by atoms with E-state index in [0.29, 0.717) is 22.9 Å². The molecule has 9 rings (SSSR count). The number of thioether (sulfide) groups is 1. The fourth-order valence-corrected chi connectivity index (χ4v) is 12.0. The number of rotatable bonds is 7. The molecule has 2 saturated carbocycles. The van der Waals surface area contributed by atoms with Crippen LogP contribution in [-0.4, -0.2) is 41.7 Å². The minimum atomic E-state index is -0.400. The van der Waals surface area contributed by atoms with Crippen molar-refractivity contribution in [1.82, 2.24) is 4.98 Å². The number of aromatic nitrogens is 1. The van der Waals surface area contributed by atoms with Crippen LogP contribution >= 0.6 is 39.0 Å². The fourth-order valence-electron chi connectivity index (χ4n) is 8.90. The number of nitrogens with one attached hydrogen (secondary N) is 2. The lowest BCUT2D eigenvalue weighted by molar-refractivity contribution is -0.123. The van der Waals surface area contributed by atoms with Gasteiger partial charge >= 0.3 is 4.87 Å². The average molecular weight is 769 g/mol. The van der Waals surface area contributed by atoms with Crippen LogP contribution < -0.4 is 24.6 Å². The number of anilines is 2. The summed E-state index contributed by atoms with van der Waals surface area (Å²) in [6, 6.07) is 26.6. The highest BCUT2D eigenvalue weighted by atomic mass is 79.9. The minimum Gasteiger partial charge on any atom is -0.493 e. The number of methoxy groups -OCH3 is 1. The molecule has 3 amide bonds. The maximum absolute atomic E-state index is 14.1. The van der Waals surface area contributed by atoms with Gasteiger partial charge in [0.05, 0.1) is 29.7 Å². The number of aromatic amines is 1. The van der Waals surface area contributed by atoms with Crippen LogP contribution in [0.15, 0.2) is 99.2 Å². The third kappa shape index (κ3) is 4.94. The Kier molecular flexibility index (Phi) is 7.67. The van der Waals surface area contributed by atoms with Crippen LogP contribution in [0.1, 0.15) is 22.8 Å². The Morgan fingerprint density at radius 1 is 0.940 bits per heavy atom. The summed E-state index contributed by atoms with van der Waals surface area (Å²) in [6.07, 6.45) is 0.795. The molecule has 0 spiro atoms. The molecular weight excluding hydrogens is 738 g/mol. The van der Waals surface area contributed by atoms with Gasteiger partial charge in [-0.2, -0.15) is 0 Å². The first-order valence-electron chi connectivity index (χ1n) is 16.4. The van der Waals surface area contributed by atoms with Crippen molar-refractivity contribution in [2.75, 3.05) is 23.9 Å². The lowest BCUT2D eigenvalue weighted by Crippen LogP contribution is -2.42. The van der Waals surface area contributed by atoms with Gasteiger partial charge in [-0.1, -0.05) is 69.7 Å². The number of imide groups is 1. The predicted octanol–water partition coefficient (Wildman–Crippen LogP) is 7.06. The van der Waals surface area contributed by atoms with Crippen molar-refractivity contribution in [3.8, 4) is 11.5 Å². The van der Waals surface area contributed by atoms with Crippen LogP contribution in [0.4, 0.5) is 11.4 Å². The molecule has 3 heterocycles. The number of hydrogen-bond acceptors (Lipinski definition) is 8. The SMILES string of the molecule is COc1cc([C@H]2c3sc(=O)[nH]c3SC3C4CC(C5C(=O)N(c6ccc(Br)cc6)C(=O)C45)C32)ccc1OCC(=O)Nc1cccc2ccccc12. The molecule has 1 aromatic heterocycles. The zero-order chi connectivity index (χ0) is 34.3. The summed E-state index contributed by atoms with van der Waals surface area (Å²) >= 11 is 6.30. The number of carbonyl (C=O) groups excluding carboxylic acids is 3. The molecule has 1 saturated heterocycles. The second kappa shape index (κ2) is 12.1. The number of hydrogen-bond donors (Lipinski definition) is 2. The van der Waals surface area contributed by atoms with Gasteiger partial charge in [0.2, 0.25) is 11.8 Å². The number of carbonyl (C=O) groups is 3. The normalized spacial score (nSPS) is 26.1. The topological polar surface area (TPSA) is 118 Å². The van der Waals surface area contributed by atoms with Gasteiger partial charge in [-0.3, -0.25) is 24.1 Å². The van der Waals surface area contributed by atoms with Crippen LogP contribution in [0.5, 0.6) is 11.5 Å². The molecule has 252 valence electrons. The van der Waals surface area contributed by atoms with Crippen molar-refractivity contribution in [1.29, 1.82) is 0 Å². The first-order chi connectivity index (χ1) is 24.3. The van der Waals surface area contributed by atoms with Gasteiger partial charge in [0.1, 0.15) is 0 Å². The Labute approximate surface area is 303 Å². The van der Waals surface area contributed by atoms with Gasteiger partial charge in [-0.15, -0.1) is 11.8 Å². The molecule has 0 radical (unpaired) electrons. The van der Waals surface area contributed by atoms with Gasteiger partial charge in [0.25, 0.3) is 5.91 Å². The molecule has 2 bridgehead atoms. The number of amides is 3. The summed E-state index contributed by atoms with van der Waals surface area (Å²) < 4.78 is 12.6. The van der Waals surface area contributed by atoms with Crippen molar-refractivity contribution in [2.45, 2.75) is 22.6 Å². The number of fused-ring (bicyclic) bond motifs is 10. The molecule has 2 N–H and O–H groups in total. The molecule has 12 heteroatoms. The number of thiazole rings is 1. The average Bonchev–Trinajstić information content (AvgIpc) is 3.86. The van der Waals surface area contributed by atoms with Crippen LogP contribution in [0, 0.1) is 29.6 Å². The zero-order valence-electron chi connectivity index (χ0n) is 26.6. The van der Waals surface area contributed by atoms with Crippen molar-refractivity contribution in [2.24, 2.45) is 29.6 Å². The van der Waals surface area contributed by atoms with Crippen molar-refractivity contribution < 1.29 is 23.9 Å². The van der Waals surface area contributed by atoms with E-state index in [9.17, 15) is 19.2 Å². The van der Waals surface area contributed by atoms with Crippen molar-refractivity contribution in [3.05, 3.63) is 110 Å². The predicted molar refractivity (Wildman–Crippen MR) is 196 cm³/mol. The zero-order valence-corrected chi connectivity index (χ0v) is 29.8. The molecule has 9 nitrogen and oxygen atoms in total. The van der Waals surface area contributed by atoms with Crippen molar-refractivity contribution in [3.63, 3.8) is 0 Å². The Hall–Kier alpha value is -4.39. The molecule has 2 aliphatic carbocycles. The highest BCUT2D eigenvalue weighted by Crippen LogP contribution is 2.68. The monoisotopic (exact) mass is 767 g/mol. The summed E-state index contributed by atoms with van der Waals surface area (Å²) in [7, 11) is 1.56. The van der Waals surface area contributed by atoms with Crippen LogP contribution in [0.3, 0.4) is 0 Å². The second-order valence-corrected chi connectivity index (χ2v) is 16.3. The van der Waals surface area contributed by atoms with E-state index < -0.39 is 5.92 Å². The summed E-state index contributed by atoms with van der Waals surface area (Å²) in [4.78, 5) is 58.9. The summed E-state index contributed by atoms with van der Waals surface area (Å²) in [6.45, 7) is -0.217. The van der Waals surface area contributed by atoms with E-state index in [1.165, 1.54) is 16.2 Å². The summed E-state index contributed by atoms with van der Waals surface area (Å²) in [5.74, 6) is -0.590. The highest BCUT2D eigenvalue weighted by molar-refractivity contribution is 9.10. The Bertz CT molecular complexity index is 2270. The van der Waals surface area contributed by atoms with Crippen LogP contribution in [0.2, 0.25) is 0 Å². The first kappa shape index (κ1) is 31.6. The molecule has 7 atom stereocenters. The van der Waals surface area contributed by atoms with E-state index in [0.717, 1.165) is 37.1 Å². The smallest absolute Gasteiger partial charge is 0.305 e. The molecule has 4 aliphatic rings. The highest BCUT2D eigenvalue weighted by Gasteiger charge is 2.69. The van der Waals surface area contributed by atoms with E-state index in [1.807, 2.05) is 66.7 Å². The minimum absolute atomic E-state index is 0.0145. The number of benzene rings is 4. The lowest BCUT2D eigenvalue weighted by Gasteiger charge is -2.43. The van der Waals surface area contributed by atoms with Crippen LogP contribution in [0.25, 0.3) is 10.8 Å². The maximum Gasteiger partial charge on any atom is 0.305 e. The van der Waals surface area contributed by atoms with Gasteiger partial charge in [0.15, 0.2) is 18.1 Å². The molecule has 4 aromatic carbocycles. The third-order valence-electron chi connectivity index (χ3n) is 10.8. The summed E-state index contributed by atoms with van der Waals surface area (Å²) in [5, 5.41) is 5.82. The Balaban J connectivity index is 1.00. The quantitative estimate of drug-likeness (QED) is 0.171. The number of halogens is 1. The van der Waals surface area contributed by atoms with Gasteiger partial charge in [-0.25, -0.2) is 0 Å². The van der Waals surface area contributed by atoms with Gasteiger partial charge in [0, 0.05) is 31.6 Å². The lowest BCUT2D eigenvalue weighted by atomic mass is 9.68. The largest absolute Gasteiger partial charge is 0.493 e. The number of H-pyrrole nitrogens is 1. The first-order valence-corrected chi connectivity index (χ1v) is 18.9. The molecule has 3 fully saturated rings. The van der Waals surface area contributed by atoms with E-state index in [1.54, 1.807) is 37.1 Å². The Morgan fingerprint density at radius 3 is 2.50 bits per heavy atom. The van der Waals surface area contributed by atoms with Gasteiger partial charge in [-0.05, 0) is 77.6 Å². The Morgan fingerprint density at radius 2 is 1.70 bits per heavy atom. The number of ether oxygens (including phenoxy) is 2. The van der Waals surface area contributed by atoms with Gasteiger partial charge < -0.3 is 19.8 Å². The second-order valence-electron chi connectivity index (χ2n) is 13.2. The maximum atomic E-state index is 14.1. The summed E-state index contributed by atoms with van der Waals surface area (Å²) in [5.41, 5.74) is 2.24. The molecular formula is C38H30BrN3O6S2. The van der Waals surface area contributed by atoms with E-state index in [-0.39, 0.29) is 64.0 Å². The van der Waals surface area contributed by atoms with E-state index >= 15 is 0 Å². The fraction of sp³-hybridized carbons (Fsp3) is 0.263. The van der Waals surface area contributed by atoms with Crippen molar-refractivity contribution >= 4 is 78.9 Å². The molecule has 2 aliphatic heterocycles. The molecule has 6 unspecified atom stereocenters. The van der Waals surface area contributed by atoms with Crippen LogP contribution in [-0.2, 0) is 14.4 Å². The van der Waals surface area contributed by atoms with E-state index in [4.69, 9.17) is 9.47 Å².